The summed E-state index contributed by atoms with van der Waals surface area (Å²) in [5.41, 5.74) is 5.88. The molecule has 0 bridgehead atoms. The fourth-order valence-corrected chi connectivity index (χ4v) is 1.48. The van der Waals surface area contributed by atoms with E-state index in [-0.39, 0.29) is 11.3 Å². The van der Waals surface area contributed by atoms with E-state index in [0.717, 1.165) is 25.9 Å². The zero-order valence-corrected chi connectivity index (χ0v) is 12.1. The average Bonchev–Trinajstić information content (AvgIpc) is 2.26. The van der Waals surface area contributed by atoms with Gasteiger partial charge in [-0.3, -0.25) is 9.69 Å². The second-order valence-corrected chi connectivity index (χ2v) is 5.68. The maximum Gasteiger partial charge on any atom is 0.236 e. The van der Waals surface area contributed by atoms with Crippen LogP contribution < -0.4 is 5.73 Å². The summed E-state index contributed by atoms with van der Waals surface area (Å²) < 4.78 is 0. The summed E-state index contributed by atoms with van der Waals surface area (Å²) in [6, 6.07) is 0. The molecule has 0 aliphatic heterocycles. The number of hydrogen-bond acceptors (Lipinski definition) is 3. The number of rotatable bonds is 8. The summed E-state index contributed by atoms with van der Waals surface area (Å²) in [6.07, 6.45) is 2.11. The molecule has 0 aliphatic carbocycles. The Bertz CT molecular complexity index is 227. The molecule has 102 valence electrons. The van der Waals surface area contributed by atoms with Crippen LogP contribution in [0.4, 0.5) is 0 Å². The average molecular weight is 243 g/mol. The molecule has 4 heteroatoms. The molecule has 4 nitrogen and oxygen atoms in total. The number of amides is 1. The molecule has 0 saturated carbocycles. The highest BCUT2D eigenvalue weighted by atomic mass is 16.2. The van der Waals surface area contributed by atoms with Crippen LogP contribution in [0.15, 0.2) is 0 Å². The Morgan fingerprint density at radius 1 is 1.24 bits per heavy atom. The van der Waals surface area contributed by atoms with Gasteiger partial charge in [0.15, 0.2) is 0 Å². The van der Waals surface area contributed by atoms with Crippen molar-refractivity contribution in [3.05, 3.63) is 0 Å². The molecule has 0 radical (unpaired) electrons. The minimum absolute atomic E-state index is 0.160. The summed E-state index contributed by atoms with van der Waals surface area (Å²) in [4.78, 5) is 15.6. The van der Waals surface area contributed by atoms with Crippen LogP contribution in [0.25, 0.3) is 0 Å². The molecule has 0 saturated heterocycles. The molecule has 0 atom stereocenters. The maximum atomic E-state index is 11.7. The molecule has 17 heavy (non-hydrogen) atoms. The van der Waals surface area contributed by atoms with E-state index < -0.39 is 0 Å². The topological polar surface area (TPSA) is 49.6 Å². The van der Waals surface area contributed by atoms with Gasteiger partial charge >= 0.3 is 0 Å². The monoisotopic (exact) mass is 243 g/mol. The van der Waals surface area contributed by atoms with E-state index in [2.05, 4.69) is 25.7 Å². The molecule has 0 heterocycles. The van der Waals surface area contributed by atoms with Crippen molar-refractivity contribution in [1.82, 2.24) is 9.80 Å². The number of hydrogen-bond donors (Lipinski definition) is 1. The van der Waals surface area contributed by atoms with Crippen molar-refractivity contribution in [2.75, 3.05) is 40.3 Å². The molecule has 0 unspecified atom stereocenters. The van der Waals surface area contributed by atoms with Crippen molar-refractivity contribution in [2.45, 2.75) is 33.6 Å². The van der Waals surface area contributed by atoms with E-state index >= 15 is 0 Å². The third-order valence-corrected chi connectivity index (χ3v) is 3.05. The fourth-order valence-electron chi connectivity index (χ4n) is 1.48. The number of nitrogens with two attached hydrogens (primary N) is 1. The van der Waals surface area contributed by atoms with E-state index in [0.29, 0.717) is 13.1 Å². The van der Waals surface area contributed by atoms with E-state index in [1.807, 2.05) is 0 Å². The van der Waals surface area contributed by atoms with Crippen molar-refractivity contribution < 1.29 is 4.79 Å². The van der Waals surface area contributed by atoms with Gasteiger partial charge < -0.3 is 10.6 Å². The third kappa shape index (κ3) is 7.34. The first kappa shape index (κ1) is 16.4. The summed E-state index contributed by atoms with van der Waals surface area (Å²) in [7, 11) is 3.60. The number of likely N-dealkylation sites (N-methyl/N-ethyl adjacent to an activating group) is 1. The van der Waals surface area contributed by atoms with Crippen LogP contribution in [0.2, 0.25) is 0 Å². The Labute approximate surface area is 106 Å². The quantitative estimate of drug-likeness (QED) is 0.696. The fraction of sp³-hybridized carbons (Fsp3) is 0.923. The lowest BCUT2D eigenvalue weighted by Crippen LogP contribution is -2.39. The van der Waals surface area contributed by atoms with E-state index in [1.54, 1.807) is 19.0 Å². The Morgan fingerprint density at radius 2 is 1.82 bits per heavy atom. The lowest BCUT2D eigenvalue weighted by Gasteiger charge is -2.28. The van der Waals surface area contributed by atoms with E-state index in [1.165, 1.54) is 0 Å². The third-order valence-electron chi connectivity index (χ3n) is 3.05. The first-order chi connectivity index (χ1) is 7.82. The van der Waals surface area contributed by atoms with E-state index in [9.17, 15) is 4.79 Å². The van der Waals surface area contributed by atoms with Gasteiger partial charge in [0, 0.05) is 14.1 Å². The van der Waals surface area contributed by atoms with Gasteiger partial charge in [0.05, 0.1) is 6.54 Å². The summed E-state index contributed by atoms with van der Waals surface area (Å²) >= 11 is 0. The van der Waals surface area contributed by atoms with Gasteiger partial charge in [-0.25, -0.2) is 0 Å². The number of carbonyl (C=O) groups excluding carboxylic acids is 1. The number of carbonyl (C=O) groups is 1. The maximum absolute atomic E-state index is 11.7. The molecule has 0 fully saturated rings. The molecule has 1 amide bonds. The SMILES string of the molecule is CCCN(CCC(C)(C)CN)CC(=O)N(C)C. The van der Waals surface area contributed by atoms with Crippen LogP contribution in [0.1, 0.15) is 33.6 Å². The largest absolute Gasteiger partial charge is 0.348 e. The van der Waals surface area contributed by atoms with Crippen LogP contribution in [-0.2, 0) is 4.79 Å². The van der Waals surface area contributed by atoms with Crippen molar-refractivity contribution in [1.29, 1.82) is 0 Å². The lowest BCUT2D eigenvalue weighted by atomic mass is 9.89. The Morgan fingerprint density at radius 3 is 2.24 bits per heavy atom. The minimum atomic E-state index is 0.160. The van der Waals surface area contributed by atoms with Gasteiger partial charge in [-0.15, -0.1) is 0 Å². The molecule has 0 aliphatic rings. The second-order valence-electron chi connectivity index (χ2n) is 5.68. The van der Waals surface area contributed by atoms with Gasteiger partial charge in [0.25, 0.3) is 0 Å². The van der Waals surface area contributed by atoms with Crippen LogP contribution >= 0.6 is 0 Å². The van der Waals surface area contributed by atoms with Gasteiger partial charge in [-0.05, 0) is 37.9 Å². The molecular formula is C13H29N3O. The van der Waals surface area contributed by atoms with Crippen molar-refractivity contribution >= 4 is 5.91 Å². The van der Waals surface area contributed by atoms with Crippen LogP contribution in [-0.4, -0.2) is 56.0 Å². The smallest absolute Gasteiger partial charge is 0.236 e. The molecular weight excluding hydrogens is 214 g/mol. The molecule has 0 aromatic rings. The van der Waals surface area contributed by atoms with Crippen molar-refractivity contribution in [3.63, 3.8) is 0 Å². The minimum Gasteiger partial charge on any atom is -0.348 e. The first-order valence-electron chi connectivity index (χ1n) is 6.45. The molecule has 2 N–H and O–H groups in total. The summed E-state index contributed by atoms with van der Waals surface area (Å²) in [5.74, 6) is 0.170. The van der Waals surface area contributed by atoms with Gasteiger partial charge in [0.2, 0.25) is 5.91 Å². The van der Waals surface area contributed by atoms with Crippen molar-refractivity contribution in [2.24, 2.45) is 11.1 Å². The molecule has 0 aromatic carbocycles. The highest BCUT2D eigenvalue weighted by Gasteiger charge is 2.18. The lowest BCUT2D eigenvalue weighted by molar-refractivity contribution is -0.130. The van der Waals surface area contributed by atoms with Gasteiger partial charge in [0.1, 0.15) is 0 Å². The summed E-state index contributed by atoms with van der Waals surface area (Å²) in [5, 5.41) is 0. The highest BCUT2D eigenvalue weighted by Crippen LogP contribution is 2.18. The van der Waals surface area contributed by atoms with E-state index in [4.69, 9.17) is 5.73 Å². The predicted molar refractivity (Wildman–Crippen MR) is 72.9 cm³/mol. The molecule has 0 spiro atoms. The van der Waals surface area contributed by atoms with Crippen LogP contribution in [0.5, 0.6) is 0 Å². The summed E-state index contributed by atoms with van der Waals surface area (Å²) in [6.45, 7) is 9.60. The molecule has 0 rings (SSSR count). The van der Waals surface area contributed by atoms with Gasteiger partial charge in [-0.1, -0.05) is 20.8 Å². The Balaban J connectivity index is 4.20. The highest BCUT2D eigenvalue weighted by molar-refractivity contribution is 5.77. The first-order valence-corrected chi connectivity index (χ1v) is 6.45. The zero-order chi connectivity index (χ0) is 13.5. The van der Waals surface area contributed by atoms with Crippen LogP contribution in [0, 0.1) is 5.41 Å². The second kappa shape index (κ2) is 7.67. The predicted octanol–water partition coefficient (Wildman–Crippen LogP) is 1.16. The van der Waals surface area contributed by atoms with Crippen LogP contribution in [0.3, 0.4) is 0 Å². The number of nitrogens with zero attached hydrogens (tertiary/aromatic N) is 2. The van der Waals surface area contributed by atoms with Crippen molar-refractivity contribution in [3.8, 4) is 0 Å². The Kier molecular flexibility index (Phi) is 7.39. The Hall–Kier alpha value is -0.610. The van der Waals surface area contributed by atoms with Gasteiger partial charge in [-0.2, -0.15) is 0 Å². The standard InChI is InChI=1S/C13H29N3O/c1-6-8-16(10-12(17)15(4)5)9-7-13(2,3)11-14/h6-11,14H2,1-5H3. The zero-order valence-electron chi connectivity index (χ0n) is 12.1. The normalized spacial score (nSPS) is 11.9. The molecule has 0 aromatic heterocycles.